The quantitative estimate of drug-likeness (QED) is 0.560. The lowest BCUT2D eigenvalue weighted by atomic mass is 10.0. The topological polar surface area (TPSA) is 88.2 Å². The van der Waals surface area contributed by atoms with Gasteiger partial charge in [0.15, 0.2) is 5.78 Å². The van der Waals surface area contributed by atoms with Crippen LogP contribution in [0.3, 0.4) is 0 Å². The first kappa shape index (κ1) is 20.9. The number of amides is 2. The van der Waals surface area contributed by atoms with Gasteiger partial charge >= 0.3 is 0 Å². The van der Waals surface area contributed by atoms with Crippen LogP contribution in [0.2, 0.25) is 0 Å². The molecule has 0 unspecified atom stereocenters. The molecule has 0 spiro atoms. The Hall–Kier alpha value is -3.80. The third kappa shape index (κ3) is 6.10. The van der Waals surface area contributed by atoms with Crippen molar-refractivity contribution in [3.05, 3.63) is 95.3 Å². The van der Waals surface area contributed by atoms with Crippen molar-refractivity contribution in [2.45, 2.75) is 26.3 Å². The number of nitrogens with zero attached hydrogens (tertiary/aromatic N) is 1. The molecule has 152 valence electrons. The maximum Gasteiger partial charge on any atom is 0.255 e. The van der Waals surface area contributed by atoms with Crippen LogP contribution in [0.4, 0.5) is 5.69 Å². The number of rotatable bonds is 8. The predicted octanol–water partition coefficient (Wildman–Crippen LogP) is 3.92. The van der Waals surface area contributed by atoms with Gasteiger partial charge < -0.3 is 10.6 Å². The minimum Gasteiger partial charge on any atom is -0.352 e. The van der Waals surface area contributed by atoms with Crippen molar-refractivity contribution < 1.29 is 14.4 Å². The largest absolute Gasteiger partial charge is 0.352 e. The number of nitrogens with one attached hydrogen (secondary N) is 2. The van der Waals surface area contributed by atoms with E-state index in [4.69, 9.17) is 0 Å². The van der Waals surface area contributed by atoms with E-state index in [9.17, 15) is 14.4 Å². The fourth-order valence-corrected chi connectivity index (χ4v) is 2.87. The van der Waals surface area contributed by atoms with Crippen LogP contribution in [-0.2, 0) is 11.3 Å². The number of pyridine rings is 1. The van der Waals surface area contributed by atoms with Crippen LogP contribution in [-0.4, -0.2) is 22.6 Å². The lowest BCUT2D eigenvalue weighted by Gasteiger charge is -2.09. The Labute approximate surface area is 175 Å². The second kappa shape index (κ2) is 10.1. The van der Waals surface area contributed by atoms with Crippen molar-refractivity contribution in [1.29, 1.82) is 0 Å². The average Bonchev–Trinajstić information content (AvgIpc) is 2.77. The van der Waals surface area contributed by atoms with Gasteiger partial charge in [-0.1, -0.05) is 42.0 Å². The standard InChI is InChI=1S/C24H23N3O3/c1-17-5-7-19(8-6-17)22(28)9-10-23(29)26-16-18-3-2-4-21(15-18)27-24(30)20-11-13-25-14-12-20/h2-8,11-15H,9-10,16H2,1H3,(H,26,29)(H,27,30). The number of anilines is 1. The molecular weight excluding hydrogens is 378 g/mol. The molecule has 0 aliphatic heterocycles. The summed E-state index contributed by atoms with van der Waals surface area (Å²) in [6.45, 7) is 2.28. The van der Waals surface area contributed by atoms with E-state index in [0.717, 1.165) is 11.1 Å². The first-order valence-electron chi connectivity index (χ1n) is 9.68. The minimum absolute atomic E-state index is 0.0500. The summed E-state index contributed by atoms with van der Waals surface area (Å²) in [6, 6.07) is 17.9. The monoisotopic (exact) mass is 401 g/mol. The van der Waals surface area contributed by atoms with Crippen LogP contribution in [0, 0.1) is 6.92 Å². The minimum atomic E-state index is -0.229. The van der Waals surface area contributed by atoms with E-state index in [2.05, 4.69) is 15.6 Å². The smallest absolute Gasteiger partial charge is 0.255 e. The summed E-state index contributed by atoms with van der Waals surface area (Å²) < 4.78 is 0. The highest BCUT2D eigenvalue weighted by Crippen LogP contribution is 2.13. The fraction of sp³-hybridized carbons (Fsp3) is 0.167. The highest BCUT2D eigenvalue weighted by atomic mass is 16.2. The van der Waals surface area contributed by atoms with E-state index in [1.807, 2.05) is 31.2 Å². The zero-order chi connectivity index (χ0) is 21.3. The van der Waals surface area contributed by atoms with Gasteiger partial charge in [-0.2, -0.15) is 0 Å². The molecule has 0 aliphatic carbocycles. The van der Waals surface area contributed by atoms with Gasteiger partial charge in [0.05, 0.1) is 0 Å². The summed E-state index contributed by atoms with van der Waals surface area (Å²) in [4.78, 5) is 40.4. The molecule has 1 aromatic heterocycles. The predicted molar refractivity (Wildman–Crippen MR) is 115 cm³/mol. The van der Waals surface area contributed by atoms with Gasteiger partial charge in [-0.05, 0) is 36.8 Å². The summed E-state index contributed by atoms with van der Waals surface area (Å²) in [7, 11) is 0. The Morgan fingerprint density at radius 1 is 0.867 bits per heavy atom. The molecule has 6 heteroatoms. The number of carbonyl (C=O) groups excluding carboxylic acids is 3. The van der Waals surface area contributed by atoms with Crippen LogP contribution < -0.4 is 10.6 Å². The van der Waals surface area contributed by atoms with Gasteiger partial charge in [0.25, 0.3) is 5.91 Å². The number of aromatic nitrogens is 1. The molecule has 3 rings (SSSR count). The average molecular weight is 401 g/mol. The van der Waals surface area contributed by atoms with Gasteiger partial charge in [0.2, 0.25) is 5.91 Å². The van der Waals surface area contributed by atoms with Crippen LogP contribution >= 0.6 is 0 Å². The maximum atomic E-state index is 12.2. The Morgan fingerprint density at radius 2 is 1.60 bits per heavy atom. The molecule has 2 amide bonds. The molecule has 0 bridgehead atoms. The number of Topliss-reactive ketones (excluding diaryl/α,β-unsaturated/α-hetero) is 1. The lowest BCUT2D eigenvalue weighted by Crippen LogP contribution is -2.23. The summed E-state index contributed by atoms with van der Waals surface area (Å²) >= 11 is 0. The first-order chi connectivity index (χ1) is 14.5. The molecule has 2 aromatic carbocycles. The van der Waals surface area contributed by atoms with Crippen LogP contribution in [0.15, 0.2) is 73.1 Å². The first-order valence-corrected chi connectivity index (χ1v) is 9.68. The number of ketones is 1. The van der Waals surface area contributed by atoms with E-state index < -0.39 is 0 Å². The maximum absolute atomic E-state index is 12.2. The van der Waals surface area contributed by atoms with E-state index in [1.54, 1.807) is 48.8 Å². The highest BCUT2D eigenvalue weighted by molar-refractivity contribution is 6.04. The van der Waals surface area contributed by atoms with Gasteiger partial charge in [0, 0.05) is 48.6 Å². The molecule has 0 aliphatic rings. The molecule has 6 nitrogen and oxygen atoms in total. The molecular formula is C24H23N3O3. The van der Waals surface area contributed by atoms with Crippen LogP contribution in [0.1, 0.15) is 44.7 Å². The fourth-order valence-electron chi connectivity index (χ4n) is 2.87. The van der Waals surface area contributed by atoms with E-state index in [1.165, 1.54) is 0 Å². The summed E-state index contributed by atoms with van der Waals surface area (Å²) in [5.74, 6) is -0.471. The Balaban J connectivity index is 1.47. The molecule has 0 saturated heterocycles. The zero-order valence-corrected chi connectivity index (χ0v) is 16.7. The molecule has 2 N–H and O–H groups in total. The van der Waals surface area contributed by atoms with Crippen molar-refractivity contribution >= 4 is 23.3 Å². The number of hydrogen-bond donors (Lipinski definition) is 2. The third-order valence-corrected chi connectivity index (χ3v) is 4.57. The second-order valence-electron chi connectivity index (χ2n) is 6.96. The van der Waals surface area contributed by atoms with Gasteiger partial charge in [-0.3, -0.25) is 19.4 Å². The van der Waals surface area contributed by atoms with E-state index >= 15 is 0 Å². The third-order valence-electron chi connectivity index (χ3n) is 4.57. The summed E-state index contributed by atoms with van der Waals surface area (Å²) in [6.07, 6.45) is 3.41. The van der Waals surface area contributed by atoms with Crippen LogP contribution in [0.5, 0.6) is 0 Å². The lowest BCUT2D eigenvalue weighted by molar-refractivity contribution is -0.121. The van der Waals surface area contributed by atoms with E-state index in [-0.39, 0.29) is 30.4 Å². The molecule has 1 heterocycles. The van der Waals surface area contributed by atoms with Crippen molar-refractivity contribution in [3.63, 3.8) is 0 Å². The van der Waals surface area contributed by atoms with Crippen molar-refractivity contribution in [1.82, 2.24) is 10.3 Å². The van der Waals surface area contributed by atoms with Gasteiger partial charge in [0.1, 0.15) is 0 Å². The van der Waals surface area contributed by atoms with Crippen molar-refractivity contribution in [2.24, 2.45) is 0 Å². The van der Waals surface area contributed by atoms with Crippen LogP contribution in [0.25, 0.3) is 0 Å². The van der Waals surface area contributed by atoms with Gasteiger partial charge in [-0.15, -0.1) is 0 Å². The number of aryl methyl sites for hydroxylation is 1. The molecule has 0 fully saturated rings. The number of hydrogen-bond acceptors (Lipinski definition) is 4. The Bertz CT molecular complexity index is 1030. The second-order valence-corrected chi connectivity index (χ2v) is 6.96. The SMILES string of the molecule is Cc1ccc(C(=O)CCC(=O)NCc2cccc(NC(=O)c3ccncc3)c2)cc1. The summed E-state index contributed by atoms with van der Waals surface area (Å²) in [5, 5.41) is 5.64. The van der Waals surface area contributed by atoms with Gasteiger partial charge in [-0.25, -0.2) is 0 Å². The zero-order valence-electron chi connectivity index (χ0n) is 16.7. The number of benzene rings is 2. The Morgan fingerprint density at radius 3 is 2.33 bits per heavy atom. The Kier molecular flexibility index (Phi) is 7.05. The summed E-state index contributed by atoms with van der Waals surface area (Å²) in [5.41, 5.74) is 3.70. The van der Waals surface area contributed by atoms with E-state index in [0.29, 0.717) is 23.4 Å². The molecule has 30 heavy (non-hydrogen) atoms. The van der Waals surface area contributed by atoms with Crippen molar-refractivity contribution in [2.75, 3.05) is 5.32 Å². The molecule has 0 radical (unpaired) electrons. The molecule has 3 aromatic rings. The van der Waals surface area contributed by atoms with Crippen molar-refractivity contribution in [3.8, 4) is 0 Å². The normalized spacial score (nSPS) is 10.3. The number of carbonyl (C=O) groups is 3. The molecule has 0 saturated carbocycles. The highest BCUT2D eigenvalue weighted by Gasteiger charge is 2.10. The molecule has 0 atom stereocenters.